The molecule has 0 unspecified atom stereocenters. The van der Waals surface area contributed by atoms with Crippen molar-refractivity contribution < 1.29 is 33.0 Å². The molecule has 0 radical (unpaired) electrons. The van der Waals surface area contributed by atoms with Gasteiger partial charge in [0.25, 0.3) is 11.8 Å². The fourth-order valence-corrected chi connectivity index (χ4v) is 4.71. The Bertz CT molecular complexity index is 1610. The van der Waals surface area contributed by atoms with E-state index < -0.39 is 23.5 Å². The highest BCUT2D eigenvalue weighted by molar-refractivity contribution is 6.06. The third-order valence-electron chi connectivity index (χ3n) is 6.83. The number of carboxylic acid groups (broad SMARTS) is 1. The Morgan fingerprint density at radius 3 is 2.26 bits per heavy atom. The van der Waals surface area contributed by atoms with Crippen LogP contribution in [-0.2, 0) is 17.8 Å². The molecule has 0 atom stereocenters. The van der Waals surface area contributed by atoms with Crippen molar-refractivity contribution in [1.29, 1.82) is 0 Å². The molecule has 4 rings (SSSR count). The zero-order chi connectivity index (χ0) is 30.8. The summed E-state index contributed by atoms with van der Waals surface area (Å²) in [5.41, 5.74) is 2.42. The van der Waals surface area contributed by atoms with Gasteiger partial charge in [-0.2, -0.15) is 0 Å². The fraction of sp³-hybridized carbons (Fsp3) is 0.206. The van der Waals surface area contributed by atoms with Gasteiger partial charge < -0.3 is 20.1 Å². The van der Waals surface area contributed by atoms with Gasteiger partial charge in [0.1, 0.15) is 17.4 Å². The zero-order valence-electron chi connectivity index (χ0n) is 23.7. The molecule has 0 bridgehead atoms. The largest absolute Gasteiger partial charge is 0.494 e. The van der Waals surface area contributed by atoms with Crippen LogP contribution in [0.2, 0.25) is 0 Å². The number of aliphatic carboxylic acids is 1. The molecule has 7 nitrogen and oxygen atoms in total. The highest BCUT2D eigenvalue weighted by atomic mass is 19.1. The maximum Gasteiger partial charge on any atom is 0.305 e. The van der Waals surface area contributed by atoms with Gasteiger partial charge in [0, 0.05) is 36.3 Å². The number of amides is 2. The molecule has 222 valence electrons. The van der Waals surface area contributed by atoms with E-state index >= 15 is 0 Å². The summed E-state index contributed by atoms with van der Waals surface area (Å²) in [5, 5.41) is 12.0. The van der Waals surface area contributed by atoms with E-state index in [0.29, 0.717) is 35.5 Å². The van der Waals surface area contributed by atoms with Crippen LogP contribution in [0, 0.1) is 11.6 Å². The van der Waals surface area contributed by atoms with E-state index in [2.05, 4.69) is 5.32 Å². The molecule has 0 aliphatic heterocycles. The average molecular weight is 587 g/mol. The summed E-state index contributed by atoms with van der Waals surface area (Å²) in [6.45, 7) is 2.43. The number of carboxylic acids is 1. The second-order valence-corrected chi connectivity index (χ2v) is 9.78. The van der Waals surface area contributed by atoms with Gasteiger partial charge in [-0.25, -0.2) is 8.78 Å². The fourth-order valence-electron chi connectivity index (χ4n) is 4.71. The third kappa shape index (κ3) is 8.25. The van der Waals surface area contributed by atoms with Gasteiger partial charge in [-0.05, 0) is 72.5 Å². The van der Waals surface area contributed by atoms with Crippen LogP contribution < -0.4 is 10.1 Å². The summed E-state index contributed by atoms with van der Waals surface area (Å²) in [4.78, 5) is 40.1. The number of nitrogens with one attached hydrogen (secondary N) is 1. The van der Waals surface area contributed by atoms with Crippen molar-refractivity contribution in [1.82, 2.24) is 10.2 Å². The van der Waals surface area contributed by atoms with Gasteiger partial charge in [-0.3, -0.25) is 14.4 Å². The predicted octanol–water partition coefficient (Wildman–Crippen LogP) is 6.12. The first-order chi connectivity index (χ1) is 20.8. The molecule has 4 aromatic carbocycles. The van der Waals surface area contributed by atoms with Crippen molar-refractivity contribution in [3.63, 3.8) is 0 Å². The third-order valence-corrected chi connectivity index (χ3v) is 6.83. The summed E-state index contributed by atoms with van der Waals surface area (Å²) in [5.74, 6) is -2.48. The standard InChI is InChI=1S/C34H32F2N2O5/c1-2-43-26-9-7-8-23(20-26)16-18-38(19-17-32(39)40)34(42)30-13-6-4-11-28(30)27-10-3-5-12-29(27)33(41)37-22-24-21-25(35)14-15-31(24)36/h3-15,20-21H,2,16-19,22H2,1H3,(H,37,41)(H,39,40). The number of hydrogen-bond acceptors (Lipinski definition) is 4. The highest BCUT2D eigenvalue weighted by Gasteiger charge is 2.23. The van der Waals surface area contributed by atoms with Crippen molar-refractivity contribution in [3.05, 3.63) is 125 Å². The van der Waals surface area contributed by atoms with Crippen molar-refractivity contribution in [2.24, 2.45) is 0 Å². The lowest BCUT2D eigenvalue weighted by molar-refractivity contribution is -0.137. The maximum atomic E-state index is 14.1. The number of rotatable bonds is 13. The molecule has 0 aliphatic carbocycles. The Balaban J connectivity index is 1.60. The Labute approximate surface area is 248 Å². The Kier molecular flexibility index (Phi) is 10.6. The van der Waals surface area contributed by atoms with Crippen LogP contribution in [0.4, 0.5) is 8.78 Å². The summed E-state index contributed by atoms with van der Waals surface area (Å²) >= 11 is 0. The molecule has 4 aromatic rings. The van der Waals surface area contributed by atoms with Crippen LogP contribution in [0.15, 0.2) is 91.0 Å². The van der Waals surface area contributed by atoms with Crippen molar-refractivity contribution >= 4 is 17.8 Å². The summed E-state index contributed by atoms with van der Waals surface area (Å²) in [6, 6.07) is 24.0. The first-order valence-corrected chi connectivity index (χ1v) is 13.9. The quantitative estimate of drug-likeness (QED) is 0.197. The van der Waals surface area contributed by atoms with Crippen LogP contribution in [0.3, 0.4) is 0 Å². The molecule has 0 saturated carbocycles. The Morgan fingerprint density at radius 1 is 0.837 bits per heavy atom. The van der Waals surface area contributed by atoms with E-state index in [1.807, 2.05) is 31.2 Å². The first-order valence-electron chi connectivity index (χ1n) is 13.9. The van der Waals surface area contributed by atoms with Gasteiger partial charge in [-0.1, -0.05) is 48.5 Å². The lowest BCUT2D eigenvalue weighted by atomic mass is 9.94. The Hall–Kier alpha value is -5.05. The molecule has 2 amide bonds. The molecular weight excluding hydrogens is 554 g/mol. The first kappa shape index (κ1) is 30.9. The van der Waals surface area contributed by atoms with Gasteiger partial charge >= 0.3 is 5.97 Å². The van der Waals surface area contributed by atoms with E-state index in [4.69, 9.17) is 4.74 Å². The molecular formula is C34H32F2N2O5. The van der Waals surface area contributed by atoms with Crippen LogP contribution in [0.5, 0.6) is 5.75 Å². The van der Waals surface area contributed by atoms with Crippen molar-refractivity contribution in [2.45, 2.75) is 26.3 Å². The predicted molar refractivity (Wildman–Crippen MR) is 159 cm³/mol. The highest BCUT2D eigenvalue weighted by Crippen LogP contribution is 2.29. The Morgan fingerprint density at radius 2 is 1.53 bits per heavy atom. The second kappa shape index (κ2) is 14.7. The summed E-state index contributed by atoms with van der Waals surface area (Å²) in [6.07, 6.45) is 0.243. The van der Waals surface area contributed by atoms with Crippen molar-refractivity contribution in [2.75, 3.05) is 19.7 Å². The van der Waals surface area contributed by atoms with E-state index in [9.17, 15) is 28.3 Å². The van der Waals surface area contributed by atoms with Gasteiger partial charge in [0.2, 0.25) is 0 Å². The van der Waals surface area contributed by atoms with Crippen LogP contribution in [0.25, 0.3) is 11.1 Å². The number of halogens is 2. The number of carbonyl (C=O) groups is 3. The molecule has 0 spiro atoms. The molecule has 0 heterocycles. The molecule has 0 aromatic heterocycles. The monoisotopic (exact) mass is 586 g/mol. The van der Waals surface area contributed by atoms with E-state index in [1.54, 1.807) is 48.5 Å². The van der Waals surface area contributed by atoms with Gasteiger partial charge in [-0.15, -0.1) is 0 Å². The minimum absolute atomic E-state index is 0.00211. The smallest absolute Gasteiger partial charge is 0.305 e. The number of nitrogens with zero attached hydrogens (tertiary/aromatic N) is 1. The molecule has 2 N–H and O–H groups in total. The van der Waals surface area contributed by atoms with E-state index in [1.165, 1.54) is 4.90 Å². The average Bonchev–Trinajstić information content (AvgIpc) is 3.01. The molecule has 43 heavy (non-hydrogen) atoms. The number of hydrogen-bond donors (Lipinski definition) is 2. The minimum atomic E-state index is -1.03. The topological polar surface area (TPSA) is 95.9 Å². The van der Waals surface area contributed by atoms with Crippen LogP contribution >= 0.6 is 0 Å². The second-order valence-electron chi connectivity index (χ2n) is 9.78. The lowest BCUT2D eigenvalue weighted by Gasteiger charge is -2.24. The van der Waals surface area contributed by atoms with Crippen molar-refractivity contribution in [3.8, 4) is 16.9 Å². The minimum Gasteiger partial charge on any atom is -0.494 e. The van der Waals surface area contributed by atoms with Crippen LogP contribution in [-0.4, -0.2) is 47.5 Å². The zero-order valence-corrected chi connectivity index (χ0v) is 23.7. The van der Waals surface area contributed by atoms with E-state index in [0.717, 1.165) is 23.8 Å². The maximum absolute atomic E-state index is 14.1. The molecule has 9 heteroatoms. The normalized spacial score (nSPS) is 10.7. The van der Waals surface area contributed by atoms with Crippen LogP contribution in [0.1, 0.15) is 45.2 Å². The molecule has 0 saturated heterocycles. The number of ether oxygens (including phenoxy) is 1. The van der Waals surface area contributed by atoms with Gasteiger partial charge in [0.15, 0.2) is 0 Å². The SMILES string of the molecule is CCOc1cccc(CCN(CCC(=O)O)C(=O)c2ccccc2-c2ccccc2C(=O)NCc2cc(F)ccc2F)c1. The lowest BCUT2D eigenvalue weighted by Crippen LogP contribution is -2.35. The van der Waals surface area contributed by atoms with E-state index in [-0.39, 0.29) is 43.1 Å². The number of carbonyl (C=O) groups excluding carboxylic acids is 2. The molecule has 0 aliphatic rings. The molecule has 0 fully saturated rings. The summed E-state index contributed by atoms with van der Waals surface area (Å²) in [7, 11) is 0. The van der Waals surface area contributed by atoms with Gasteiger partial charge in [0.05, 0.1) is 13.0 Å². The number of benzene rings is 4. The summed E-state index contributed by atoms with van der Waals surface area (Å²) < 4.78 is 33.3.